The molecule has 0 saturated carbocycles. The smallest absolute Gasteiger partial charge is 0.264 e. The molecule has 0 aliphatic carbocycles. The molecule has 0 unspecified atom stereocenters. The van der Waals surface area contributed by atoms with Crippen LogP contribution in [0.2, 0.25) is 0 Å². The largest absolute Gasteiger partial charge is 0.482 e. The Morgan fingerprint density at radius 1 is 1.22 bits per heavy atom. The summed E-state index contributed by atoms with van der Waals surface area (Å²) in [5, 5.41) is 2.87. The molecule has 23 heavy (non-hydrogen) atoms. The van der Waals surface area contributed by atoms with Gasteiger partial charge in [0.05, 0.1) is 12.1 Å². The zero-order valence-corrected chi connectivity index (χ0v) is 13.1. The second kappa shape index (κ2) is 6.12. The van der Waals surface area contributed by atoms with E-state index >= 15 is 0 Å². The molecule has 0 atom stereocenters. The number of nitrogens with zero attached hydrogens (tertiary/aromatic N) is 1. The molecule has 1 heterocycles. The van der Waals surface area contributed by atoms with Crippen molar-refractivity contribution in [3.05, 3.63) is 53.6 Å². The van der Waals surface area contributed by atoms with Crippen molar-refractivity contribution in [1.82, 2.24) is 0 Å². The number of fused-ring (bicyclic) bond motifs is 1. The van der Waals surface area contributed by atoms with Crippen LogP contribution < -0.4 is 15.0 Å². The number of likely N-dealkylation sites (N-methyl/N-ethyl adjacent to an activating group) is 1. The lowest BCUT2D eigenvalue weighted by atomic mass is 10.1. The molecule has 2 amide bonds. The molecule has 2 aromatic rings. The van der Waals surface area contributed by atoms with Gasteiger partial charge in [0.15, 0.2) is 6.61 Å². The van der Waals surface area contributed by atoms with Gasteiger partial charge >= 0.3 is 0 Å². The third kappa shape index (κ3) is 3.34. The number of hydrogen-bond acceptors (Lipinski definition) is 3. The zero-order chi connectivity index (χ0) is 16.4. The standard InChI is InChI=1S/C18H18N2O3/c1-12-3-6-14(7-4-12)19-17(21)10-13-5-8-16-15(9-13)20(2)18(22)11-23-16/h3-9H,10-11H2,1-2H3,(H,19,21). The first-order valence-electron chi connectivity index (χ1n) is 7.42. The van der Waals surface area contributed by atoms with Gasteiger partial charge in [-0.25, -0.2) is 0 Å². The summed E-state index contributed by atoms with van der Waals surface area (Å²) in [7, 11) is 1.71. The fourth-order valence-electron chi connectivity index (χ4n) is 2.46. The molecule has 5 nitrogen and oxygen atoms in total. The second-order valence-electron chi connectivity index (χ2n) is 5.63. The average Bonchev–Trinajstić information content (AvgIpc) is 2.53. The molecule has 0 spiro atoms. The van der Waals surface area contributed by atoms with Gasteiger partial charge in [0, 0.05) is 12.7 Å². The van der Waals surface area contributed by atoms with Crippen molar-refractivity contribution < 1.29 is 14.3 Å². The SMILES string of the molecule is Cc1ccc(NC(=O)Cc2ccc3c(c2)N(C)C(=O)CO3)cc1. The third-order valence-corrected chi connectivity index (χ3v) is 3.81. The topological polar surface area (TPSA) is 58.6 Å². The van der Waals surface area contributed by atoms with Crippen LogP contribution in [-0.2, 0) is 16.0 Å². The van der Waals surface area contributed by atoms with Crippen molar-refractivity contribution in [3.63, 3.8) is 0 Å². The molecule has 118 valence electrons. The quantitative estimate of drug-likeness (QED) is 0.948. The van der Waals surface area contributed by atoms with Crippen LogP contribution in [-0.4, -0.2) is 25.5 Å². The number of nitrogens with one attached hydrogen (secondary N) is 1. The van der Waals surface area contributed by atoms with Gasteiger partial charge in [-0.05, 0) is 36.8 Å². The van der Waals surface area contributed by atoms with Crippen molar-refractivity contribution in [2.45, 2.75) is 13.3 Å². The molecule has 5 heteroatoms. The highest BCUT2D eigenvalue weighted by molar-refractivity contribution is 5.98. The van der Waals surface area contributed by atoms with Crippen molar-refractivity contribution in [3.8, 4) is 5.75 Å². The van der Waals surface area contributed by atoms with Crippen molar-refractivity contribution in [2.75, 3.05) is 23.9 Å². The Morgan fingerprint density at radius 3 is 2.70 bits per heavy atom. The first kappa shape index (κ1) is 15.1. The van der Waals surface area contributed by atoms with Crippen LogP contribution in [0.5, 0.6) is 5.75 Å². The molecule has 0 bridgehead atoms. The number of aryl methyl sites for hydroxylation is 1. The number of hydrogen-bond donors (Lipinski definition) is 1. The summed E-state index contributed by atoms with van der Waals surface area (Å²) in [5.74, 6) is 0.466. The average molecular weight is 310 g/mol. The lowest BCUT2D eigenvalue weighted by Gasteiger charge is -2.26. The van der Waals surface area contributed by atoms with E-state index in [-0.39, 0.29) is 24.8 Å². The summed E-state index contributed by atoms with van der Waals surface area (Å²) in [4.78, 5) is 25.4. The minimum Gasteiger partial charge on any atom is -0.482 e. The number of carbonyl (C=O) groups excluding carboxylic acids is 2. The van der Waals surface area contributed by atoms with E-state index in [2.05, 4.69) is 5.32 Å². The monoisotopic (exact) mass is 310 g/mol. The number of benzene rings is 2. The second-order valence-corrected chi connectivity index (χ2v) is 5.63. The van der Waals surface area contributed by atoms with E-state index in [0.717, 1.165) is 16.8 Å². The summed E-state index contributed by atoms with van der Waals surface area (Å²) >= 11 is 0. The zero-order valence-electron chi connectivity index (χ0n) is 13.1. The molecule has 1 N–H and O–H groups in total. The van der Waals surface area contributed by atoms with E-state index in [1.807, 2.05) is 43.3 Å². The van der Waals surface area contributed by atoms with Gasteiger partial charge in [-0.3, -0.25) is 9.59 Å². The number of anilines is 2. The Morgan fingerprint density at radius 2 is 1.96 bits per heavy atom. The summed E-state index contributed by atoms with van der Waals surface area (Å²) in [6.45, 7) is 2.05. The molecule has 0 fully saturated rings. The van der Waals surface area contributed by atoms with Gasteiger partial charge in [0.1, 0.15) is 5.75 Å². The molecule has 1 aliphatic heterocycles. The summed E-state index contributed by atoms with van der Waals surface area (Å²) in [5.41, 5.74) is 3.44. The molecular formula is C18H18N2O3. The molecule has 0 saturated heterocycles. The van der Waals surface area contributed by atoms with Crippen LogP contribution in [0, 0.1) is 6.92 Å². The van der Waals surface area contributed by atoms with Gasteiger partial charge in [0.25, 0.3) is 5.91 Å². The van der Waals surface area contributed by atoms with Crippen LogP contribution in [0.3, 0.4) is 0 Å². The normalized spacial score (nSPS) is 13.3. The Bertz CT molecular complexity index is 753. The highest BCUT2D eigenvalue weighted by Crippen LogP contribution is 2.32. The van der Waals surface area contributed by atoms with Crippen LogP contribution in [0.15, 0.2) is 42.5 Å². The maximum absolute atomic E-state index is 12.2. The first-order chi connectivity index (χ1) is 11.0. The highest BCUT2D eigenvalue weighted by atomic mass is 16.5. The molecule has 0 radical (unpaired) electrons. The van der Waals surface area contributed by atoms with E-state index in [1.165, 1.54) is 0 Å². The molecule has 0 aromatic heterocycles. The lowest BCUT2D eigenvalue weighted by Crippen LogP contribution is -2.35. The molecule has 1 aliphatic rings. The highest BCUT2D eigenvalue weighted by Gasteiger charge is 2.22. The summed E-state index contributed by atoms with van der Waals surface area (Å²) in [6.07, 6.45) is 0.239. The molecule has 3 rings (SSSR count). The lowest BCUT2D eigenvalue weighted by molar-refractivity contribution is -0.121. The van der Waals surface area contributed by atoms with Crippen LogP contribution >= 0.6 is 0 Å². The van der Waals surface area contributed by atoms with Gasteiger partial charge < -0.3 is 15.0 Å². The van der Waals surface area contributed by atoms with E-state index in [0.29, 0.717) is 11.4 Å². The van der Waals surface area contributed by atoms with E-state index in [4.69, 9.17) is 4.74 Å². The predicted octanol–water partition coefficient (Wildman–Crippen LogP) is 2.53. The number of rotatable bonds is 3. The minimum absolute atomic E-state index is 0.0523. The van der Waals surface area contributed by atoms with Crippen LogP contribution in [0.4, 0.5) is 11.4 Å². The third-order valence-electron chi connectivity index (χ3n) is 3.81. The van der Waals surface area contributed by atoms with Gasteiger partial charge in [-0.1, -0.05) is 23.8 Å². The molecule has 2 aromatic carbocycles. The van der Waals surface area contributed by atoms with Crippen molar-refractivity contribution >= 4 is 23.2 Å². The molecular weight excluding hydrogens is 292 g/mol. The predicted molar refractivity (Wildman–Crippen MR) is 88.9 cm³/mol. The fraction of sp³-hybridized carbons (Fsp3) is 0.222. The van der Waals surface area contributed by atoms with Gasteiger partial charge in [0.2, 0.25) is 5.91 Å². The van der Waals surface area contributed by atoms with Gasteiger partial charge in [-0.2, -0.15) is 0 Å². The first-order valence-corrected chi connectivity index (χ1v) is 7.42. The fourth-order valence-corrected chi connectivity index (χ4v) is 2.46. The van der Waals surface area contributed by atoms with Crippen molar-refractivity contribution in [1.29, 1.82) is 0 Å². The number of carbonyl (C=O) groups is 2. The van der Waals surface area contributed by atoms with E-state index in [9.17, 15) is 9.59 Å². The minimum atomic E-state index is -0.0984. The Kier molecular flexibility index (Phi) is 4.02. The van der Waals surface area contributed by atoms with Crippen molar-refractivity contribution in [2.24, 2.45) is 0 Å². The number of amides is 2. The Hall–Kier alpha value is -2.82. The number of ether oxygens (including phenoxy) is 1. The Labute approximate surface area is 134 Å². The van der Waals surface area contributed by atoms with Crippen LogP contribution in [0.1, 0.15) is 11.1 Å². The summed E-state index contributed by atoms with van der Waals surface area (Å²) < 4.78 is 5.38. The Balaban J connectivity index is 1.71. The van der Waals surface area contributed by atoms with E-state index in [1.54, 1.807) is 18.0 Å². The maximum Gasteiger partial charge on any atom is 0.264 e. The maximum atomic E-state index is 12.2. The van der Waals surface area contributed by atoms with Gasteiger partial charge in [-0.15, -0.1) is 0 Å². The van der Waals surface area contributed by atoms with Crippen LogP contribution in [0.25, 0.3) is 0 Å². The van der Waals surface area contributed by atoms with E-state index < -0.39 is 0 Å². The summed E-state index contributed by atoms with van der Waals surface area (Å²) in [6, 6.07) is 13.1.